The maximum atomic E-state index is 14.0. The van der Waals surface area contributed by atoms with Gasteiger partial charge in [-0.1, -0.05) is 30.9 Å². The lowest BCUT2D eigenvalue weighted by molar-refractivity contribution is -0.137. The van der Waals surface area contributed by atoms with E-state index in [1.54, 1.807) is 25.1 Å². The molecule has 3 N–H and O–H groups in total. The Kier molecular flexibility index (Phi) is 7.61. The van der Waals surface area contributed by atoms with E-state index in [1.807, 2.05) is 0 Å². The molecule has 2 saturated heterocycles. The van der Waals surface area contributed by atoms with Crippen LogP contribution in [0.3, 0.4) is 0 Å². The molecule has 1 unspecified atom stereocenters. The molecule has 3 aliphatic heterocycles. The lowest BCUT2D eigenvalue weighted by Gasteiger charge is -2.41. The van der Waals surface area contributed by atoms with E-state index in [2.05, 4.69) is 16.8 Å². The summed E-state index contributed by atoms with van der Waals surface area (Å²) < 4.78 is 59.9. The Bertz CT molecular complexity index is 1340. The molecule has 2 aromatic carbocycles. The van der Waals surface area contributed by atoms with E-state index in [0.29, 0.717) is 52.2 Å². The zero-order valence-corrected chi connectivity index (χ0v) is 22.5. The van der Waals surface area contributed by atoms with E-state index < -0.39 is 28.6 Å². The number of nitrogens with zero attached hydrogens (tertiary/aromatic N) is 1. The number of hydrogen-bond donors (Lipinski definition) is 2. The molecule has 208 valence electrons. The van der Waals surface area contributed by atoms with E-state index in [-0.39, 0.29) is 17.5 Å². The molecular weight excluding hydrogens is 527 g/mol. The first-order chi connectivity index (χ1) is 18.5. The van der Waals surface area contributed by atoms with Crippen LogP contribution in [-0.2, 0) is 28.2 Å². The standard InChI is InChI=1S/C29H32F3N3O3S/c1-3-21(17(2)33)28(36)26-12-18-13-27(38-20-8-10-35(11-9-20)19-15-39(37)16-19)23(14-25(18)34-26)22-6-4-5-7-24(22)29(30,31)32/h3-7,13-14,19-20,26,34H,1,8-12,15-16,33H2,2H3/b21-17-. The second-order valence-electron chi connectivity index (χ2n) is 10.4. The summed E-state index contributed by atoms with van der Waals surface area (Å²) in [6.45, 7) is 6.90. The van der Waals surface area contributed by atoms with E-state index in [0.717, 1.165) is 37.6 Å². The zero-order valence-electron chi connectivity index (χ0n) is 21.7. The van der Waals surface area contributed by atoms with Crippen LogP contribution < -0.4 is 15.8 Å². The molecule has 0 radical (unpaired) electrons. The first-order valence-corrected chi connectivity index (χ1v) is 14.5. The van der Waals surface area contributed by atoms with Gasteiger partial charge >= 0.3 is 6.18 Å². The number of benzene rings is 2. The van der Waals surface area contributed by atoms with Crippen LogP contribution in [0, 0.1) is 0 Å². The number of anilines is 1. The van der Waals surface area contributed by atoms with Gasteiger partial charge < -0.3 is 15.8 Å². The van der Waals surface area contributed by atoms with Crippen LogP contribution in [0.15, 0.2) is 60.3 Å². The number of nitrogens with two attached hydrogens (primary N) is 1. The van der Waals surface area contributed by atoms with Crippen LogP contribution in [0.4, 0.5) is 18.9 Å². The highest BCUT2D eigenvalue weighted by atomic mass is 32.2. The number of halogens is 3. The molecule has 0 spiro atoms. The molecule has 6 nitrogen and oxygen atoms in total. The third-order valence-electron chi connectivity index (χ3n) is 7.74. The molecule has 5 rings (SSSR count). The second kappa shape index (κ2) is 10.8. The molecule has 1 atom stereocenters. The number of ketones is 1. The fourth-order valence-electron chi connectivity index (χ4n) is 5.59. The zero-order chi connectivity index (χ0) is 27.9. The molecule has 0 saturated carbocycles. The Balaban J connectivity index is 1.46. The lowest BCUT2D eigenvalue weighted by atomic mass is 9.95. The van der Waals surface area contributed by atoms with Gasteiger partial charge in [-0.2, -0.15) is 13.2 Å². The smallest absolute Gasteiger partial charge is 0.417 e. The molecule has 3 aliphatic rings. The summed E-state index contributed by atoms with van der Waals surface area (Å²) in [6.07, 6.45) is -1.48. The number of rotatable bonds is 7. The van der Waals surface area contributed by atoms with Crippen molar-refractivity contribution >= 4 is 22.3 Å². The summed E-state index contributed by atoms with van der Waals surface area (Å²) in [5.74, 6) is 1.56. The van der Waals surface area contributed by atoms with Crippen LogP contribution in [0.5, 0.6) is 5.75 Å². The maximum absolute atomic E-state index is 14.0. The summed E-state index contributed by atoms with van der Waals surface area (Å²) in [5, 5.41) is 3.18. The van der Waals surface area contributed by atoms with Crippen molar-refractivity contribution in [2.75, 3.05) is 29.9 Å². The van der Waals surface area contributed by atoms with Crippen LogP contribution in [0.25, 0.3) is 11.1 Å². The highest BCUT2D eigenvalue weighted by Crippen LogP contribution is 2.44. The van der Waals surface area contributed by atoms with Gasteiger partial charge in [-0.25, -0.2) is 0 Å². The number of nitrogens with one attached hydrogen (secondary N) is 1. The number of fused-ring (bicyclic) bond motifs is 1. The SMILES string of the molecule is C=C/C(C(=O)C1Cc2cc(OC3CCN(C4CS(=O)C4)CC3)c(-c3ccccc3C(F)(F)F)cc2N1)=C(\C)N. The van der Waals surface area contributed by atoms with Gasteiger partial charge in [0.2, 0.25) is 0 Å². The third-order valence-corrected chi connectivity index (χ3v) is 9.25. The maximum Gasteiger partial charge on any atom is 0.417 e. The Morgan fingerprint density at radius 1 is 1.18 bits per heavy atom. The monoisotopic (exact) mass is 559 g/mol. The fraction of sp³-hybridized carbons (Fsp3) is 0.414. The van der Waals surface area contributed by atoms with Crippen molar-refractivity contribution < 1.29 is 26.9 Å². The Morgan fingerprint density at radius 2 is 1.87 bits per heavy atom. The molecular formula is C29H32F3N3O3S. The van der Waals surface area contributed by atoms with E-state index in [9.17, 15) is 22.2 Å². The van der Waals surface area contributed by atoms with Gasteiger partial charge in [0.05, 0.1) is 11.6 Å². The Labute approximate surface area is 228 Å². The summed E-state index contributed by atoms with van der Waals surface area (Å²) >= 11 is 0. The summed E-state index contributed by atoms with van der Waals surface area (Å²) in [6, 6.07) is 8.63. The van der Waals surface area contributed by atoms with Gasteiger partial charge in [0.1, 0.15) is 11.9 Å². The minimum absolute atomic E-state index is 0.0261. The minimum Gasteiger partial charge on any atom is -0.490 e. The van der Waals surface area contributed by atoms with Gasteiger partial charge in [0, 0.05) is 70.4 Å². The van der Waals surface area contributed by atoms with Gasteiger partial charge in [-0.05, 0) is 49.1 Å². The van der Waals surface area contributed by atoms with Crippen molar-refractivity contribution in [2.45, 2.75) is 50.6 Å². The first-order valence-electron chi connectivity index (χ1n) is 13.0. The van der Waals surface area contributed by atoms with Crippen molar-refractivity contribution in [3.05, 3.63) is 71.5 Å². The van der Waals surface area contributed by atoms with Gasteiger partial charge in [-0.3, -0.25) is 13.9 Å². The molecule has 0 bridgehead atoms. The van der Waals surface area contributed by atoms with E-state index >= 15 is 0 Å². The van der Waals surface area contributed by atoms with Crippen molar-refractivity contribution in [3.63, 3.8) is 0 Å². The normalized spacial score (nSPS) is 24.3. The number of likely N-dealkylation sites (tertiary alicyclic amines) is 1. The summed E-state index contributed by atoms with van der Waals surface area (Å²) in [4.78, 5) is 15.4. The highest BCUT2D eigenvalue weighted by Gasteiger charge is 2.37. The molecule has 39 heavy (non-hydrogen) atoms. The largest absolute Gasteiger partial charge is 0.490 e. The Hall–Kier alpha value is -3.11. The van der Waals surface area contributed by atoms with Crippen LogP contribution in [0.1, 0.15) is 30.9 Å². The number of carbonyl (C=O) groups excluding carboxylic acids is 1. The van der Waals surface area contributed by atoms with Gasteiger partial charge in [0.25, 0.3) is 0 Å². The number of alkyl halides is 3. The minimum atomic E-state index is -4.55. The number of ether oxygens (including phenoxy) is 1. The van der Waals surface area contributed by atoms with Gasteiger partial charge in [-0.15, -0.1) is 0 Å². The predicted molar refractivity (Wildman–Crippen MR) is 147 cm³/mol. The number of Topliss-reactive ketones (excluding diaryl/α,β-unsaturated/α-hetero) is 1. The molecule has 2 fully saturated rings. The van der Waals surface area contributed by atoms with Crippen molar-refractivity contribution in [1.29, 1.82) is 0 Å². The number of piperidine rings is 1. The van der Waals surface area contributed by atoms with E-state index in [4.69, 9.17) is 10.5 Å². The van der Waals surface area contributed by atoms with E-state index in [1.165, 1.54) is 18.2 Å². The van der Waals surface area contributed by atoms with Gasteiger partial charge in [0.15, 0.2) is 5.78 Å². The molecule has 0 amide bonds. The Morgan fingerprint density at radius 3 is 2.49 bits per heavy atom. The average Bonchev–Trinajstić information content (AvgIpc) is 3.30. The number of hydrogen-bond acceptors (Lipinski definition) is 6. The number of carbonyl (C=O) groups is 1. The van der Waals surface area contributed by atoms with Crippen molar-refractivity contribution in [2.24, 2.45) is 5.73 Å². The quantitative estimate of drug-likeness (QED) is 0.379. The molecule has 0 aliphatic carbocycles. The molecule has 2 aromatic rings. The summed E-state index contributed by atoms with van der Waals surface area (Å²) in [5.41, 5.74) is 7.55. The highest BCUT2D eigenvalue weighted by molar-refractivity contribution is 7.86. The topological polar surface area (TPSA) is 84.7 Å². The molecule has 3 heterocycles. The fourth-order valence-corrected chi connectivity index (χ4v) is 6.77. The number of allylic oxidation sites excluding steroid dienone is 2. The molecule has 10 heteroatoms. The molecule has 0 aromatic heterocycles. The van der Waals surface area contributed by atoms with Crippen LogP contribution in [0.2, 0.25) is 0 Å². The first kappa shape index (κ1) is 27.5. The second-order valence-corrected chi connectivity index (χ2v) is 11.9. The lowest BCUT2D eigenvalue weighted by Crippen LogP contribution is -2.54. The third kappa shape index (κ3) is 5.63. The van der Waals surface area contributed by atoms with Crippen LogP contribution in [-0.4, -0.2) is 57.7 Å². The van der Waals surface area contributed by atoms with Crippen LogP contribution >= 0.6 is 0 Å². The average molecular weight is 560 g/mol. The van der Waals surface area contributed by atoms with Crippen molar-refractivity contribution in [1.82, 2.24) is 4.90 Å². The van der Waals surface area contributed by atoms with Crippen molar-refractivity contribution in [3.8, 4) is 16.9 Å². The predicted octanol–water partition coefficient (Wildman–Crippen LogP) is 4.67. The summed E-state index contributed by atoms with van der Waals surface area (Å²) in [7, 11) is -0.721.